The molecule has 1 atom stereocenters. The minimum atomic E-state index is -4.42. The molecular weight excluding hydrogens is 305 g/mol. The number of fused-ring (bicyclic) bond motifs is 4. The number of halogens is 3. The zero-order valence-electron chi connectivity index (χ0n) is 13.0. The maximum atomic E-state index is 13.5. The first-order chi connectivity index (χ1) is 10.8. The van der Waals surface area contributed by atoms with Crippen molar-refractivity contribution < 1.29 is 18.0 Å². The smallest absolute Gasteiger partial charge is 0.337 e. The van der Waals surface area contributed by atoms with Crippen LogP contribution < -0.4 is 0 Å². The van der Waals surface area contributed by atoms with E-state index in [0.717, 1.165) is 32.5 Å². The molecule has 1 aromatic carbocycles. The van der Waals surface area contributed by atoms with E-state index in [-0.39, 0.29) is 29.5 Å². The molecule has 3 saturated heterocycles. The molecule has 0 radical (unpaired) electrons. The first kappa shape index (κ1) is 15.0. The summed E-state index contributed by atoms with van der Waals surface area (Å²) in [6.45, 7) is 2.94. The lowest BCUT2D eigenvalue weighted by Crippen LogP contribution is -2.46. The molecule has 1 unspecified atom stereocenters. The largest absolute Gasteiger partial charge is 0.416 e. The van der Waals surface area contributed by atoms with Gasteiger partial charge in [-0.1, -0.05) is 0 Å². The van der Waals surface area contributed by atoms with Crippen LogP contribution in [0.3, 0.4) is 0 Å². The van der Waals surface area contributed by atoms with Crippen molar-refractivity contribution in [2.45, 2.75) is 31.5 Å². The highest BCUT2D eigenvalue weighted by Crippen LogP contribution is 2.43. The summed E-state index contributed by atoms with van der Waals surface area (Å²) < 4.78 is 40.5. The van der Waals surface area contributed by atoms with Gasteiger partial charge in [-0.3, -0.25) is 4.79 Å². The number of hydrogen-bond acceptors (Lipinski definition) is 2. The number of alkyl halides is 3. The van der Waals surface area contributed by atoms with E-state index in [1.54, 1.807) is 13.1 Å². The Balaban J connectivity index is 1.81. The Morgan fingerprint density at radius 3 is 2.43 bits per heavy atom. The molecule has 5 rings (SSSR count). The van der Waals surface area contributed by atoms with Crippen LogP contribution in [-0.2, 0) is 12.7 Å². The molecular formula is C17H19F3N2O. The molecule has 3 nitrogen and oxygen atoms in total. The monoisotopic (exact) mass is 324 g/mol. The number of hydrogen-bond donors (Lipinski definition) is 0. The van der Waals surface area contributed by atoms with E-state index in [0.29, 0.717) is 11.5 Å². The van der Waals surface area contributed by atoms with Gasteiger partial charge < -0.3 is 9.80 Å². The fourth-order valence-corrected chi connectivity index (χ4v) is 4.38. The van der Waals surface area contributed by atoms with Gasteiger partial charge in [-0.05, 0) is 61.0 Å². The van der Waals surface area contributed by atoms with Crippen LogP contribution in [0.15, 0.2) is 12.1 Å². The van der Waals surface area contributed by atoms with Crippen LogP contribution in [0.4, 0.5) is 13.2 Å². The highest BCUT2D eigenvalue weighted by molar-refractivity contribution is 5.98. The average molecular weight is 324 g/mol. The molecule has 0 aromatic heterocycles. The van der Waals surface area contributed by atoms with Crippen LogP contribution in [0.2, 0.25) is 0 Å². The first-order valence-corrected chi connectivity index (χ1v) is 8.06. The second-order valence-corrected chi connectivity index (χ2v) is 7.00. The van der Waals surface area contributed by atoms with Crippen LogP contribution in [-0.4, -0.2) is 42.4 Å². The van der Waals surface area contributed by atoms with Gasteiger partial charge in [0.2, 0.25) is 0 Å². The van der Waals surface area contributed by atoms with Gasteiger partial charge in [0.25, 0.3) is 5.91 Å². The van der Waals surface area contributed by atoms with Crippen molar-refractivity contribution in [3.63, 3.8) is 0 Å². The summed E-state index contributed by atoms with van der Waals surface area (Å²) in [6.07, 6.45) is -2.34. The molecule has 1 aromatic rings. The highest BCUT2D eigenvalue weighted by atomic mass is 19.4. The Bertz CT molecular complexity index is 663. The molecule has 4 aliphatic heterocycles. The van der Waals surface area contributed by atoms with E-state index in [9.17, 15) is 18.0 Å². The third-order valence-electron chi connectivity index (χ3n) is 5.63. The van der Waals surface area contributed by atoms with Crippen molar-refractivity contribution in [2.75, 3.05) is 26.7 Å². The second kappa shape index (κ2) is 4.97. The van der Waals surface area contributed by atoms with Crippen LogP contribution in [0.25, 0.3) is 0 Å². The topological polar surface area (TPSA) is 23.6 Å². The predicted octanol–water partition coefficient (Wildman–Crippen LogP) is 3.10. The fourth-order valence-electron chi connectivity index (χ4n) is 4.38. The van der Waals surface area contributed by atoms with E-state index in [1.807, 2.05) is 0 Å². The van der Waals surface area contributed by atoms with E-state index < -0.39 is 11.7 Å². The third-order valence-corrected chi connectivity index (χ3v) is 5.63. The molecule has 4 aliphatic rings. The third kappa shape index (κ3) is 2.35. The van der Waals surface area contributed by atoms with Gasteiger partial charge in [0.05, 0.1) is 5.56 Å². The molecule has 0 spiro atoms. The summed E-state index contributed by atoms with van der Waals surface area (Å²) in [7, 11) is 1.55. The molecule has 3 fully saturated rings. The maximum absolute atomic E-state index is 13.5. The minimum Gasteiger partial charge on any atom is -0.337 e. The van der Waals surface area contributed by atoms with E-state index >= 15 is 0 Å². The number of benzene rings is 1. The van der Waals surface area contributed by atoms with Gasteiger partial charge in [-0.2, -0.15) is 13.2 Å². The molecule has 6 heteroatoms. The minimum absolute atomic E-state index is 0.0451. The van der Waals surface area contributed by atoms with Crippen molar-refractivity contribution in [3.05, 3.63) is 34.4 Å². The van der Waals surface area contributed by atoms with Crippen LogP contribution in [0.1, 0.15) is 45.8 Å². The second-order valence-electron chi connectivity index (χ2n) is 7.00. The van der Waals surface area contributed by atoms with Crippen molar-refractivity contribution in [2.24, 2.45) is 5.92 Å². The number of rotatable bonds is 1. The molecule has 4 heterocycles. The number of carbonyl (C=O) groups is 1. The fraction of sp³-hybridized carbons (Fsp3) is 0.588. The standard InChI is InChI=1S/C17H19F3N2O/c1-21-8-14-12(16(21)23)6-11(7-15(14)17(18,19)20)13-9-22-4-2-10(13)3-5-22/h6-7,10,13H,2-5,8-9H2,1H3. The number of nitrogens with zero attached hydrogens (tertiary/aromatic N) is 2. The van der Waals surface area contributed by atoms with Gasteiger partial charge in [-0.25, -0.2) is 0 Å². The Hall–Kier alpha value is -1.56. The summed E-state index contributed by atoms with van der Waals surface area (Å²) in [4.78, 5) is 15.9. The van der Waals surface area contributed by atoms with Crippen LogP contribution in [0, 0.1) is 5.92 Å². The SMILES string of the molecule is CN1Cc2c(cc(C3CN4CCC3CC4)cc2C(F)(F)F)C1=O. The molecule has 0 aliphatic carbocycles. The normalized spacial score (nSPS) is 30.0. The van der Waals surface area contributed by atoms with E-state index in [1.165, 1.54) is 11.0 Å². The Labute approximate surface area is 133 Å². The Morgan fingerprint density at radius 1 is 1.17 bits per heavy atom. The number of piperidine rings is 3. The van der Waals surface area contributed by atoms with Gasteiger partial charge >= 0.3 is 6.18 Å². The lowest BCUT2D eigenvalue weighted by Gasteiger charge is -2.45. The van der Waals surface area contributed by atoms with E-state index in [2.05, 4.69) is 4.90 Å². The lowest BCUT2D eigenvalue weighted by molar-refractivity contribution is -0.138. The van der Waals surface area contributed by atoms with Gasteiger partial charge in [0.15, 0.2) is 0 Å². The number of amides is 1. The van der Waals surface area contributed by atoms with Gasteiger partial charge in [0, 0.05) is 25.7 Å². The van der Waals surface area contributed by atoms with Gasteiger partial charge in [0.1, 0.15) is 0 Å². The van der Waals surface area contributed by atoms with Crippen molar-refractivity contribution in [1.29, 1.82) is 0 Å². The lowest BCUT2D eigenvalue weighted by atomic mass is 9.74. The Morgan fingerprint density at radius 2 is 1.87 bits per heavy atom. The maximum Gasteiger partial charge on any atom is 0.416 e. The zero-order valence-corrected chi connectivity index (χ0v) is 13.0. The summed E-state index contributed by atoms with van der Waals surface area (Å²) in [5, 5.41) is 0. The van der Waals surface area contributed by atoms with Crippen molar-refractivity contribution >= 4 is 5.91 Å². The summed E-state index contributed by atoms with van der Waals surface area (Å²) in [5.41, 5.74) is 0.442. The van der Waals surface area contributed by atoms with Gasteiger partial charge in [-0.15, -0.1) is 0 Å². The van der Waals surface area contributed by atoms with E-state index in [4.69, 9.17) is 0 Å². The Kier molecular flexibility index (Phi) is 3.24. The van der Waals surface area contributed by atoms with Crippen LogP contribution >= 0.6 is 0 Å². The molecule has 23 heavy (non-hydrogen) atoms. The quantitative estimate of drug-likeness (QED) is 0.792. The average Bonchev–Trinajstić information content (AvgIpc) is 2.81. The van der Waals surface area contributed by atoms with Crippen LogP contribution in [0.5, 0.6) is 0 Å². The molecule has 1 amide bonds. The summed E-state index contributed by atoms with van der Waals surface area (Å²) in [5.74, 6) is 0.254. The zero-order chi connectivity index (χ0) is 16.4. The number of carbonyl (C=O) groups excluding carboxylic acids is 1. The summed E-state index contributed by atoms with van der Waals surface area (Å²) >= 11 is 0. The predicted molar refractivity (Wildman–Crippen MR) is 79.1 cm³/mol. The molecule has 0 saturated carbocycles. The first-order valence-electron chi connectivity index (χ1n) is 8.06. The molecule has 2 bridgehead atoms. The van der Waals surface area contributed by atoms with Crippen molar-refractivity contribution in [3.8, 4) is 0 Å². The molecule has 0 N–H and O–H groups in total. The summed E-state index contributed by atoms with van der Waals surface area (Å²) in [6, 6.07) is 3.03. The molecule has 124 valence electrons. The highest BCUT2D eigenvalue weighted by Gasteiger charge is 2.41. The van der Waals surface area contributed by atoms with Crippen molar-refractivity contribution in [1.82, 2.24) is 9.80 Å².